The van der Waals surface area contributed by atoms with E-state index in [1.165, 1.54) is 0 Å². The summed E-state index contributed by atoms with van der Waals surface area (Å²) in [5, 5.41) is 3.35. The Bertz CT molecular complexity index is 512. The van der Waals surface area contributed by atoms with E-state index in [1.807, 2.05) is 24.0 Å². The summed E-state index contributed by atoms with van der Waals surface area (Å²) in [6, 6.07) is 5.97. The van der Waals surface area contributed by atoms with Gasteiger partial charge in [0.15, 0.2) is 0 Å². The summed E-state index contributed by atoms with van der Waals surface area (Å²) in [5.74, 6) is 0.0999. The van der Waals surface area contributed by atoms with E-state index in [1.54, 1.807) is 0 Å². The van der Waals surface area contributed by atoms with E-state index in [2.05, 4.69) is 32.2 Å². The molecular formula is C17H26N2O2. The topological polar surface area (TPSA) is 41.6 Å². The molecule has 0 unspecified atom stereocenters. The van der Waals surface area contributed by atoms with Crippen molar-refractivity contribution in [2.45, 2.75) is 39.7 Å². The third kappa shape index (κ3) is 3.56. The molecule has 1 amide bonds. The van der Waals surface area contributed by atoms with Crippen LogP contribution in [0.2, 0.25) is 0 Å². The number of rotatable bonds is 4. The van der Waals surface area contributed by atoms with Crippen LogP contribution in [0.1, 0.15) is 43.1 Å². The molecule has 0 bridgehead atoms. The van der Waals surface area contributed by atoms with Crippen LogP contribution in [0, 0.1) is 6.92 Å². The molecule has 21 heavy (non-hydrogen) atoms. The average molecular weight is 290 g/mol. The minimum Gasteiger partial charge on any atom is -0.385 e. The summed E-state index contributed by atoms with van der Waals surface area (Å²) in [6.45, 7) is 11.0. The van der Waals surface area contributed by atoms with Crippen molar-refractivity contribution in [1.29, 1.82) is 0 Å². The molecule has 116 valence electrons. The third-order valence-electron chi connectivity index (χ3n) is 3.93. The first-order valence-electron chi connectivity index (χ1n) is 7.70. The van der Waals surface area contributed by atoms with Gasteiger partial charge < -0.3 is 15.0 Å². The van der Waals surface area contributed by atoms with E-state index >= 15 is 0 Å². The monoisotopic (exact) mass is 290 g/mol. The molecule has 1 aliphatic heterocycles. The molecule has 4 nitrogen and oxygen atoms in total. The van der Waals surface area contributed by atoms with Crippen LogP contribution in [-0.4, -0.2) is 42.6 Å². The van der Waals surface area contributed by atoms with E-state index in [0.29, 0.717) is 19.8 Å². The number of carbonyl (C=O) groups excluding carboxylic acids is 1. The van der Waals surface area contributed by atoms with E-state index < -0.39 is 0 Å². The number of hydrogen-bond acceptors (Lipinski definition) is 3. The molecule has 0 atom stereocenters. The van der Waals surface area contributed by atoms with Gasteiger partial charge in [0, 0.05) is 24.3 Å². The maximum Gasteiger partial charge on any atom is 0.254 e. The second kappa shape index (κ2) is 6.48. The van der Waals surface area contributed by atoms with Crippen LogP contribution in [0.15, 0.2) is 18.2 Å². The molecule has 1 heterocycles. The molecule has 0 saturated carbocycles. The van der Waals surface area contributed by atoms with Gasteiger partial charge >= 0.3 is 0 Å². The maximum atomic E-state index is 12.8. The van der Waals surface area contributed by atoms with Gasteiger partial charge in [0.1, 0.15) is 0 Å². The van der Waals surface area contributed by atoms with Crippen LogP contribution < -0.4 is 5.32 Å². The van der Waals surface area contributed by atoms with Gasteiger partial charge in [-0.1, -0.05) is 6.92 Å². The zero-order valence-electron chi connectivity index (χ0n) is 13.5. The van der Waals surface area contributed by atoms with Gasteiger partial charge in [0.2, 0.25) is 0 Å². The summed E-state index contributed by atoms with van der Waals surface area (Å²) in [7, 11) is 0. The van der Waals surface area contributed by atoms with Crippen LogP contribution in [0.5, 0.6) is 0 Å². The molecule has 1 fully saturated rings. The predicted octanol–water partition coefficient (Wildman–Crippen LogP) is 3.07. The Morgan fingerprint density at radius 2 is 2.19 bits per heavy atom. The number of hydrogen-bond donors (Lipinski definition) is 1. The minimum absolute atomic E-state index is 0.0999. The first-order chi connectivity index (χ1) is 9.95. The van der Waals surface area contributed by atoms with Crippen LogP contribution in [0.25, 0.3) is 0 Å². The number of aryl methyl sites for hydroxylation is 1. The molecule has 0 aliphatic carbocycles. The van der Waals surface area contributed by atoms with Crippen LogP contribution in [0.4, 0.5) is 5.69 Å². The standard InChI is InChI=1S/C17H26N2O2/c1-5-8-18-14-6-7-15(13(2)11-14)16(20)19-9-10-21-12-17(19,3)4/h6-7,11,18H,5,8-10,12H2,1-4H3. The highest BCUT2D eigenvalue weighted by Gasteiger charge is 2.34. The molecule has 1 aromatic rings. The fraction of sp³-hybridized carbons (Fsp3) is 0.588. The number of nitrogens with zero attached hydrogens (tertiary/aromatic N) is 1. The smallest absolute Gasteiger partial charge is 0.254 e. The second-order valence-electron chi connectivity index (χ2n) is 6.28. The lowest BCUT2D eigenvalue weighted by Crippen LogP contribution is -2.55. The maximum absolute atomic E-state index is 12.8. The number of benzene rings is 1. The Kier molecular flexibility index (Phi) is 4.88. The lowest BCUT2D eigenvalue weighted by Gasteiger charge is -2.42. The van der Waals surface area contributed by atoms with Crippen molar-refractivity contribution in [2.75, 3.05) is 31.6 Å². The summed E-state index contributed by atoms with van der Waals surface area (Å²) in [4.78, 5) is 14.7. The summed E-state index contributed by atoms with van der Waals surface area (Å²) < 4.78 is 5.49. The second-order valence-corrected chi connectivity index (χ2v) is 6.28. The highest BCUT2D eigenvalue weighted by atomic mass is 16.5. The van der Waals surface area contributed by atoms with Gasteiger partial charge in [-0.15, -0.1) is 0 Å². The molecule has 4 heteroatoms. The van der Waals surface area contributed by atoms with Crippen molar-refractivity contribution in [3.8, 4) is 0 Å². The number of amides is 1. The van der Waals surface area contributed by atoms with E-state index in [-0.39, 0.29) is 11.4 Å². The number of ether oxygens (including phenoxy) is 1. The molecule has 0 aromatic heterocycles. The molecule has 1 aromatic carbocycles. The first kappa shape index (κ1) is 15.8. The van der Waals surface area contributed by atoms with Crippen molar-refractivity contribution < 1.29 is 9.53 Å². The van der Waals surface area contributed by atoms with Crippen LogP contribution in [-0.2, 0) is 4.74 Å². The van der Waals surface area contributed by atoms with Crippen LogP contribution >= 0.6 is 0 Å². The molecule has 1 saturated heterocycles. The Morgan fingerprint density at radius 3 is 2.81 bits per heavy atom. The van der Waals surface area contributed by atoms with Gasteiger partial charge in [-0.25, -0.2) is 0 Å². The lowest BCUT2D eigenvalue weighted by molar-refractivity contribution is -0.0370. The molecule has 1 N–H and O–H groups in total. The number of anilines is 1. The summed E-state index contributed by atoms with van der Waals surface area (Å²) >= 11 is 0. The normalized spacial score (nSPS) is 17.6. The zero-order chi connectivity index (χ0) is 15.5. The minimum atomic E-state index is -0.249. The van der Waals surface area contributed by atoms with Crippen molar-refractivity contribution in [2.24, 2.45) is 0 Å². The van der Waals surface area contributed by atoms with Crippen molar-refractivity contribution >= 4 is 11.6 Å². The number of morpholine rings is 1. The van der Waals surface area contributed by atoms with E-state index in [4.69, 9.17) is 4.74 Å². The summed E-state index contributed by atoms with van der Waals surface area (Å²) in [5.41, 5.74) is 2.63. The highest BCUT2D eigenvalue weighted by Crippen LogP contribution is 2.24. The Hall–Kier alpha value is -1.55. The third-order valence-corrected chi connectivity index (χ3v) is 3.93. The van der Waals surface area contributed by atoms with Crippen LogP contribution in [0.3, 0.4) is 0 Å². The largest absolute Gasteiger partial charge is 0.385 e. The van der Waals surface area contributed by atoms with Gasteiger partial charge in [0.25, 0.3) is 5.91 Å². The van der Waals surface area contributed by atoms with Gasteiger partial charge in [0.05, 0.1) is 18.8 Å². The van der Waals surface area contributed by atoms with E-state index in [0.717, 1.165) is 29.8 Å². The highest BCUT2D eigenvalue weighted by molar-refractivity contribution is 5.96. The fourth-order valence-electron chi connectivity index (χ4n) is 2.66. The van der Waals surface area contributed by atoms with Crippen molar-refractivity contribution in [3.05, 3.63) is 29.3 Å². The van der Waals surface area contributed by atoms with Crippen molar-refractivity contribution in [3.63, 3.8) is 0 Å². The number of carbonyl (C=O) groups is 1. The van der Waals surface area contributed by atoms with E-state index in [9.17, 15) is 4.79 Å². The molecule has 0 radical (unpaired) electrons. The Morgan fingerprint density at radius 1 is 1.43 bits per heavy atom. The molecular weight excluding hydrogens is 264 g/mol. The first-order valence-corrected chi connectivity index (χ1v) is 7.70. The SMILES string of the molecule is CCCNc1ccc(C(=O)N2CCOCC2(C)C)c(C)c1. The zero-order valence-corrected chi connectivity index (χ0v) is 13.5. The number of nitrogens with one attached hydrogen (secondary N) is 1. The van der Waals surface area contributed by atoms with Gasteiger partial charge in [-0.3, -0.25) is 4.79 Å². The molecule has 0 spiro atoms. The Labute approximate surface area is 127 Å². The molecule has 2 rings (SSSR count). The lowest BCUT2D eigenvalue weighted by atomic mass is 9.99. The fourth-order valence-corrected chi connectivity index (χ4v) is 2.66. The van der Waals surface area contributed by atoms with Gasteiger partial charge in [-0.05, 0) is 51.0 Å². The Balaban J connectivity index is 2.19. The van der Waals surface area contributed by atoms with Crippen molar-refractivity contribution in [1.82, 2.24) is 4.90 Å². The quantitative estimate of drug-likeness (QED) is 0.926. The average Bonchev–Trinajstić information content (AvgIpc) is 2.44. The van der Waals surface area contributed by atoms with Gasteiger partial charge in [-0.2, -0.15) is 0 Å². The summed E-state index contributed by atoms with van der Waals surface area (Å²) in [6.07, 6.45) is 1.09. The molecule has 1 aliphatic rings. The predicted molar refractivity (Wildman–Crippen MR) is 85.9 cm³/mol.